The molecule has 2 aromatic carbocycles. The zero-order valence-electron chi connectivity index (χ0n) is 13.8. The van der Waals surface area contributed by atoms with Crippen LogP contribution in [-0.4, -0.2) is 28.4 Å². The van der Waals surface area contributed by atoms with Crippen LogP contribution in [0.1, 0.15) is 23.6 Å². The van der Waals surface area contributed by atoms with Gasteiger partial charge in [-0.2, -0.15) is 5.10 Å². The first-order chi connectivity index (χ1) is 11.4. The van der Waals surface area contributed by atoms with Crippen molar-refractivity contribution < 1.29 is 19.7 Å². The van der Waals surface area contributed by atoms with Crippen LogP contribution in [0.4, 0.5) is 0 Å². The van der Waals surface area contributed by atoms with Crippen LogP contribution in [0, 0.1) is 13.8 Å². The second-order valence-electron chi connectivity index (χ2n) is 5.49. The van der Waals surface area contributed by atoms with Crippen molar-refractivity contribution in [1.82, 2.24) is 5.43 Å². The molecule has 0 atom stereocenters. The third-order valence-corrected chi connectivity index (χ3v) is 3.42. The number of hydrazone groups is 1. The maximum atomic E-state index is 11.8. The van der Waals surface area contributed by atoms with Gasteiger partial charge in [-0.1, -0.05) is 12.1 Å². The van der Waals surface area contributed by atoms with E-state index in [-0.39, 0.29) is 18.1 Å². The standard InChI is InChI=1S/C18H20N2O4/c1-11-4-5-12(2)17(8-11)24-10-18(23)20-19-13(3)15-7-6-14(21)9-16(15)22/h4-9,21-22H,10H2,1-3H3,(H,20,23). The maximum Gasteiger partial charge on any atom is 0.277 e. The number of phenolic OH excluding ortho intramolecular Hbond substituents is 2. The fraction of sp³-hybridized carbons (Fsp3) is 0.222. The fourth-order valence-electron chi connectivity index (χ4n) is 2.07. The molecule has 0 unspecified atom stereocenters. The van der Waals surface area contributed by atoms with Crippen molar-refractivity contribution in [2.45, 2.75) is 20.8 Å². The number of aryl methyl sites for hydroxylation is 2. The van der Waals surface area contributed by atoms with Gasteiger partial charge in [0.2, 0.25) is 0 Å². The highest BCUT2D eigenvalue weighted by Crippen LogP contribution is 2.23. The summed E-state index contributed by atoms with van der Waals surface area (Å²) in [6.45, 7) is 5.33. The lowest BCUT2D eigenvalue weighted by Crippen LogP contribution is -2.25. The van der Waals surface area contributed by atoms with E-state index in [1.165, 1.54) is 18.2 Å². The Labute approximate surface area is 140 Å². The number of phenols is 2. The predicted molar refractivity (Wildman–Crippen MR) is 91.5 cm³/mol. The number of hydrogen-bond donors (Lipinski definition) is 3. The zero-order chi connectivity index (χ0) is 17.7. The summed E-state index contributed by atoms with van der Waals surface area (Å²) in [5, 5.41) is 23.0. The van der Waals surface area contributed by atoms with Crippen LogP contribution >= 0.6 is 0 Å². The molecule has 3 N–H and O–H groups in total. The van der Waals surface area contributed by atoms with Crippen molar-refractivity contribution >= 4 is 11.6 Å². The molecule has 0 heterocycles. The van der Waals surface area contributed by atoms with Crippen molar-refractivity contribution in [3.05, 3.63) is 53.1 Å². The van der Waals surface area contributed by atoms with Crippen LogP contribution in [0.3, 0.4) is 0 Å². The molecule has 0 bridgehead atoms. The number of hydrogen-bond acceptors (Lipinski definition) is 5. The Kier molecular flexibility index (Phi) is 5.42. The van der Waals surface area contributed by atoms with E-state index in [1.807, 2.05) is 32.0 Å². The first kappa shape index (κ1) is 17.3. The lowest BCUT2D eigenvalue weighted by atomic mass is 10.1. The molecule has 0 radical (unpaired) electrons. The summed E-state index contributed by atoms with van der Waals surface area (Å²) < 4.78 is 5.49. The molecule has 0 spiro atoms. The number of amides is 1. The van der Waals surface area contributed by atoms with E-state index >= 15 is 0 Å². The maximum absolute atomic E-state index is 11.8. The molecule has 0 fully saturated rings. The van der Waals surface area contributed by atoms with Gasteiger partial charge in [0.05, 0.1) is 5.71 Å². The molecule has 0 aliphatic carbocycles. The first-order valence-electron chi connectivity index (χ1n) is 7.42. The second kappa shape index (κ2) is 7.50. The van der Waals surface area contributed by atoms with Gasteiger partial charge in [0.1, 0.15) is 17.2 Å². The minimum absolute atomic E-state index is 0.0463. The molecule has 0 saturated heterocycles. The van der Waals surface area contributed by atoms with Gasteiger partial charge in [-0.25, -0.2) is 5.43 Å². The Hall–Kier alpha value is -3.02. The highest BCUT2D eigenvalue weighted by atomic mass is 16.5. The molecule has 1 amide bonds. The molecule has 2 rings (SSSR count). The zero-order valence-corrected chi connectivity index (χ0v) is 13.8. The average molecular weight is 328 g/mol. The van der Waals surface area contributed by atoms with Crippen molar-refractivity contribution in [3.63, 3.8) is 0 Å². The van der Waals surface area contributed by atoms with E-state index < -0.39 is 5.91 Å². The SMILES string of the molecule is CC(=NNC(=O)COc1cc(C)ccc1C)c1ccc(O)cc1O. The Balaban J connectivity index is 1.95. The van der Waals surface area contributed by atoms with Gasteiger partial charge in [0, 0.05) is 11.6 Å². The molecule has 0 aromatic heterocycles. The van der Waals surface area contributed by atoms with Crippen molar-refractivity contribution in [3.8, 4) is 17.2 Å². The van der Waals surface area contributed by atoms with Crippen LogP contribution in [0.2, 0.25) is 0 Å². The van der Waals surface area contributed by atoms with Crippen LogP contribution in [-0.2, 0) is 4.79 Å². The molecule has 0 saturated carbocycles. The Bertz CT molecular complexity index is 785. The van der Waals surface area contributed by atoms with Gasteiger partial charge in [0.25, 0.3) is 5.91 Å². The third-order valence-electron chi connectivity index (χ3n) is 3.42. The highest BCUT2D eigenvalue weighted by molar-refractivity contribution is 6.01. The molecule has 6 nitrogen and oxygen atoms in total. The number of nitrogens with one attached hydrogen (secondary N) is 1. The Morgan fingerprint density at radius 3 is 2.62 bits per heavy atom. The molecule has 2 aromatic rings. The van der Waals surface area contributed by atoms with E-state index in [2.05, 4.69) is 10.5 Å². The van der Waals surface area contributed by atoms with Gasteiger partial charge < -0.3 is 14.9 Å². The second-order valence-corrected chi connectivity index (χ2v) is 5.49. The summed E-state index contributed by atoms with van der Waals surface area (Å²) >= 11 is 0. The van der Waals surface area contributed by atoms with Crippen molar-refractivity contribution in [2.24, 2.45) is 5.10 Å². The third kappa shape index (κ3) is 4.49. The molecule has 0 aliphatic heterocycles. The number of benzene rings is 2. The molecule has 6 heteroatoms. The molecular formula is C18H20N2O4. The summed E-state index contributed by atoms with van der Waals surface area (Å²) in [7, 11) is 0. The summed E-state index contributed by atoms with van der Waals surface area (Å²) in [5.41, 5.74) is 5.20. The number of carbonyl (C=O) groups is 1. The minimum atomic E-state index is -0.409. The first-order valence-corrected chi connectivity index (χ1v) is 7.42. The Morgan fingerprint density at radius 2 is 1.92 bits per heavy atom. The van der Waals surface area contributed by atoms with E-state index in [0.717, 1.165) is 11.1 Å². The molecule has 24 heavy (non-hydrogen) atoms. The van der Waals surface area contributed by atoms with Gasteiger partial charge in [-0.3, -0.25) is 4.79 Å². The number of carbonyl (C=O) groups excluding carboxylic acids is 1. The molecule has 0 aliphatic rings. The average Bonchev–Trinajstić information content (AvgIpc) is 2.53. The predicted octanol–water partition coefficient (Wildman–Crippen LogP) is 2.63. The summed E-state index contributed by atoms with van der Waals surface area (Å²) in [4.78, 5) is 11.8. The topological polar surface area (TPSA) is 91.2 Å². The smallest absolute Gasteiger partial charge is 0.277 e. The number of aromatic hydroxyl groups is 2. The van der Waals surface area contributed by atoms with Gasteiger partial charge in [0.15, 0.2) is 6.61 Å². The fourth-order valence-corrected chi connectivity index (χ4v) is 2.07. The molecular weight excluding hydrogens is 308 g/mol. The summed E-state index contributed by atoms with van der Waals surface area (Å²) in [6, 6.07) is 9.92. The van der Waals surface area contributed by atoms with E-state index in [0.29, 0.717) is 17.0 Å². The van der Waals surface area contributed by atoms with E-state index in [9.17, 15) is 15.0 Å². The van der Waals surface area contributed by atoms with E-state index in [4.69, 9.17) is 4.74 Å². The summed E-state index contributed by atoms with van der Waals surface area (Å²) in [6.07, 6.45) is 0. The monoisotopic (exact) mass is 328 g/mol. The van der Waals surface area contributed by atoms with Gasteiger partial charge >= 0.3 is 0 Å². The number of nitrogens with zero attached hydrogens (tertiary/aromatic N) is 1. The van der Waals surface area contributed by atoms with Gasteiger partial charge in [-0.15, -0.1) is 0 Å². The van der Waals surface area contributed by atoms with Gasteiger partial charge in [-0.05, 0) is 50.1 Å². The van der Waals surface area contributed by atoms with Crippen LogP contribution in [0.15, 0.2) is 41.5 Å². The van der Waals surface area contributed by atoms with E-state index in [1.54, 1.807) is 6.92 Å². The number of ether oxygens (including phenoxy) is 1. The lowest BCUT2D eigenvalue weighted by Gasteiger charge is -2.09. The quantitative estimate of drug-likeness (QED) is 0.581. The van der Waals surface area contributed by atoms with Crippen molar-refractivity contribution in [2.75, 3.05) is 6.61 Å². The summed E-state index contributed by atoms with van der Waals surface area (Å²) in [5.74, 6) is 0.0858. The molecule has 126 valence electrons. The van der Waals surface area contributed by atoms with Crippen molar-refractivity contribution in [1.29, 1.82) is 0 Å². The minimum Gasteiger partial charge on any atom is -0.508 e. The highest BCUT2D eigenvalue weighted by Gasteiger charge is 2.08. The van der Waals surface area contributed by atoms with Crippen LogP contribution in [0.25, 0.3) is 0 Å². The largest absolute Gasteiger partial charge is 0.508 e. The normalized spacial score (nSPS) is 11.2. The lowest BCUT2D eigenvalue weighted by molar-refractivity contribution is -0.123. The number of rotatable bonds is 5. The van der Waals surface area contributed by atoms with Crippen LogP contribution < -0.4 is 10.2 Å². The Morgan fingerprint density at radius 1 is 1.17 bits per heavy atom. The van der Waals surface area contributed by atoms with Crippen LogP contribution in [0.5, 0.6) is 17.2 Å².